The maximum atomic E-state index is 16.7. The molecule has 1 amide bonds. The summed E-state index contributed by atoms with van der Waals surface area (Å²) in [5.41, 5.74) is -1.86. The predicted molar refractivity (Wildman–Crippen MR) is 155 cm³/mol. The maximum absolute atomic E-state index is 16.7. The van der Waals surface area contributed by atoms with E-state index in [1.165, 1.54) is 0 Å². The van der Waals surface area contributed by atoms with Crippen LogP contribution in [0.3, 0.4) is 0 Å². The number of amides is 1. The van der Waals surface area contributed by atoms with Crippen LogP contribution in [0.2, 0.25) is 18.1 Å². The number of halogens is 2. The molecule has 2 aliphatic rings. The Morgan fingerprint density at radius 2 is 1.84 bits per heavy atom. The fourth-order valence-corrected chi connectivity index (χ4v) is 13.3. The summed E-state index contributed by atoms with van der Waals surface area (Å²) < 4.78 is 41.0. The first kappa shape index (κ1) is 30.2. The second-order valence-electron chi connectivity index (χ2n) is 11.8. The zero-order valence-corrected chi connectivity index (χ0v) is 27.0. The van der Waals surface area contributed by atoms with Crippen molar-refractivity contribution >= 4 is 50.8 Å². The number of aromatic nitrogens is 1. The Morgan fingerprint density at radius 3 is 2.38 bits per heavy atom. The van der Waals surface area contributed by atoms with Crippen LogP contribution in [0.4, 0.5) is 9.18 Å². The fourth-order valence-electron chi connectivity index (χ4n) is 5.74. The summed E-state index contributed by atoms with van der Waals surface area (Å²) in [6, 6.07) is 4.53. The molecule has 208 valence electrons. The van der Waals surface area contributed by atoms with Gasteiger partial charge in [0.1, 0.15) is 37.8 Å². The van der Waals surface area contributed by atoms with Crippen molar-refractivity contribution in [3.05, 3.63) is 22.2 Å². The number of hydrogen-bond donors (Lipinski definition) is 1. The van der Waals surface area contributed by atoms with Gasteiger partial charge in [-0.05, 0) is 81.6 Å². The molecule has 1 N–H and O–H groups in total. The Balaban J connectivity index is 2.33. The topological polar surface area (TPSA) is 93.0 Å². The van der Waals surface area contributed by atoms with E-state index in [0.29, 0.717) is 17.6 Å². The zero-order valence-electron chi connectivity index (χ0n) is 23.6. The minimum Gasteiger partial charge on any atom is -0.444 e. The van der Waals surface area contributed by atoms with Gasteiger partial charge in [-0.1, -0.05) is 38.9 Å². The van der Waals surface area contributed by atoms with Gasteiger partial charge in [-0.3, -0.25) is 10.3 Å². The number of fused-ring (bicyclic) bond motifs is 1. The van der Waals surface area contributed by atoms with Crippen molar-refractivity contribution in [3.63, 3.8) is 0 Å². The molecule has 2 aliphatic heterocycles. The van der Waals surface area contributed by atoms with E-state index < -0.39 is 45.0 Å². The molecule has 37 heavy (non-hydrogen) atoms. The predicted octanol–water partition coefficient (Wildman–Crippen LogP) is 6.26. The molecule has 0 aromatic carbocycles. The van der Waals surface area contributed by atoms with E-state index in [-0.39, 0.29) is 17.3 Å². The fraction of sp³-hybridized carbons (Fsp3) is 0.731. The first-order valence-electron chi connectivity index (χ1n) is 13.2. The average Bonchev–Trinajstić information content (AvgIpc) is 2.80. The van der Waals surface area contributed by atoms with Crippen molar-refractivity contribution in [2.75, 3.05) is 6.54 Å². The van der Waals surface area contributed by atoms with Gasteiger partial charge in [-0.25, -0.2) is 22.7 Å². The van der Waals surface area contributed by atoms with E-state index in [4.69, 9.17) is 9.73 Å². The lowest BCUT2D eigenvalue weighted by molar-refractivity contribution is 0.0560. The molecule has 0 radical (unpaired) electrons. The third-order valence-electron chi connectivity index (χ3n) is 8.19. The summed E-state index contributed by atoms with van der Waals surface area (Å²) in [6.07, 6.45) is 0.612. The third-order valence-corrected chi connectivity index (χ3v) is 17.9. The van der Waals surface area contributed by atoms with E-state index >= 15 is 4.39 Å². The maximum Gasteiger partial charge on any atom is 0.413 e. The van der Waals surface area contributed by atoms with Crippen LogP contribution in [0.15, 0.2) is 20.0 Å². The van der Waals surface area contributed by atoms with Gasteiger partial charge >= 0.3 is 6.09 Å². The number of carbonyl (C=O) groups is 1. The van der Waals surface area contributed by atoms with Crippen molar-refractivity contribution in [2.45, 2.75) is 114 Å². The molecule has 3 heterocycles. The first-order chi connectivity index (χ1) is 17.0. The number of rotatable bonds is 5. The summed E-state index contributed by atoms with van der Waals surface area (Å²) in [5, 5.41) is 2.92. The van der Waals surface area contributed by atoms with Gasteiger partial charge in [0.25, 0.3) is 0 Å². The van der Waals surface area contributed by atoms with Gasteiger partial charge in [0.15, 0.2) is 0 Å². The van der Waals surface area contributed by atoms with Gasteiger partial charge in [0.2, 0.25) is 0 Å². The van der Waals surface area contributed by atoms with Gasteiger partial charge < -0.3 is 4.74 Å². The van der Waals surface area contributed by atoms with E-state index in [1.807, 2.05) is 6.07 Å². The molecule has 1 aromatic rings. The minimum absolute atomic E-state index is 0.165. The monoisotopic (exact) mass is 616 g/mol. The van der Waals surface area contributed by atoms with E-state index in [2.05, 4.69) is 51.4 Å². The van der Waals surface area contributed by atoms with Gasteiger partial charge in [0.05, 0.1) is 23.1 Å². The normalized spacial score (nSPS) is 27.5. The highest BCUT2D eigenvalue weighted by Gasteiger charge is 2.58. The Morgan fingerprint density at radius 1 is 1.24 bits per heavy atom. The summed E-state index contributed by atoms with van der Waals surface area (Å²) in [7, 11) is -5.12. The number of nitrogens with zero attached hydrogens (tertiary/aromatic N) is 3. The molecule has 0 fully saturated rings. The van der Waals surface area contributed by atoms with E-state index in [0.717, 1.165) is 29.7 Å². The van der Waals surface area contributed by atoms with Crippen LogP contribution in [0.25, 0.3) is 0 Å². The Bertz CT molecular complexity index is 1210. The standard InChI is InChI=1S/C26H42BrFN4O3SSi/c1-10-37(11-2,12-3)17-16-19(27)30-21(20(17)28)26(9)18-14-13-15-29-36(18,34)25(7,8)22(32-26)31-23(33)35-24(4,5)6/h16,18H,10-15H2,1-9H3,(H,31,32,33)/t18-,26-,36+/m0/s1. The Kier molecular flexibility index (Phi) is 8.44. The summed E-state index contributed by atoms with van der Waals surface area (Å²) in [5.74, 6) is -0.181. The highest BCUT2D eigenvalue weighted by atomic mass is 79.9. The van der Waals surface area contributed by atoms with Crippen LogP contribution in [0.1, 0.15) is 80.8 Å². The Labute approximate surface area is 231 Å². The molecule has 0 saturated heterocycles. The van der Waals surface area contributed by atoms with Crippen LogP contribution < -0.4 is 10.5 Å². The van der Waals surface area contributed by atoms with Crippen molar-refractivity contribution in [2.24, 2.45) is 9.36 Å². The number of aliphatic imine (C=N–C) groups is 1. The van der Waals surface area contributed by atoms with Crippen LogP contribution in [0, 0.1) is 5.82 Å². The number of nitrogens with one attached hydrogen (secondary N) is 1. The van der Waals surface area contributed by atoms with E-state index in [1.54, 1.807) is 41.5 Å². The van der Waals surface area contributed by atoms with Crippen LogP contribution in [0.5, 0.6) is 0 Å². The lowest BCUT2D eigenvalue weighted by Gasteiger charge is -2.48. The lowest BCUT2D eigenvalue weighted by atomic mass is 9.89. The molecule has 11 heteroatoms. The largest absolute Gasteiger partial charge is 0.444 e. The highest BCUT2D eigenvalue weighted by molar-refractivity contribution is 9.10. The van der Waals surface area contributed by atoms with Crippen LogP contribution >= 0.6 is 15.9 Å². The first-order valence-corrected chi connectivity index (χ1v) is 18.2. The minimum atomic E-state index is -2.99. The van der Waals surface area contributed by atoms with Gasteiger partial charge in [0, 0.05) is 6.54 Å². The third kappa shape index (κ3) is 5.16. The Hall–Kier alpha value is -1.33. The molecule has 1 aromatic heterocycles. The van der Waals surface area contributed by atoms with Gasteiger partial charge in [-0.15, -0.1) is 0 Å². The van der Waals surface area contributed by atoms with Crippen molar-refractivity contribution < 1.29 is 18.1 Å². The SMILES string of the molecule is CC[Si](CC)(CC)c1cc(Br)nc([C@@]2(C)N=C(NC(=O)OC(C)(C)C)C(C)(C)[S@@]3(=O)=NCCC[C@@H]23)c1F. The molecule has 0 saturated carbocycles. The number of ether oxygens (including phenoxy) is 1. The van der Waals surface area contributed by atoms with Crippen LogP contribution in [-0.4, -0.2) is 51.3 Å². The summed E-state index contributed by atoms with van der Waals surface area (Å²) >= 11 is 3.54. The molecular weight excluding hydrogens is 575 g/mol. The molecule has 0 bridgehead atoms. The number of alkyl carbamates (subject to hydrolysis) is 1. The highest BCUT2D eigenvalue weighted by Crippen LogP contribution is 2.47. The average molecular weight is 618 g/mol. The van der Waals surface area contributed by atoms with Crippen molar-refractivity contribution in [3.8, 4) is 0 Å². The number of hydrogen-bond acceptors (Lipinski definition) is 6. The smallest absolute Gasteiger partial charge is 0.413 e. The van der Waals surface area contributed by atoms with Gasteiger partial charge in [-0.2, -0.15) is 0 Å². The summed E-state index contributed by atoms with van der Waals surface area (Å²) in [4.78, 5) is 22.5. The van der Waals surface area contributed by atoms with E-state index in [9.17, 15) is 9.00 Å². The quantitative estimate of drug-likeness (QED) is 0.312. The zero-order chi connectivity index (χ0) is 28.0. The molecule has 3 atom stereocenters. The summed E-state index contributed by atoms with van der Waals surface area (Å²) in [6.45, 7) is 17.5. The molecular formula is C26H42BrFN4O3SSi. The van der Waals surface area contributed by atoms with Crippen molar-refractivity contribution in [1.29, 1.82) is 0 Å². The molecule has 3 rings (SSSR count). The van der Waals surface area contributed by atoms with Crippen LogP contribution in [-0.2, 0) is 20.0 Å². The molecule has 0 unspecified atom stereocenters. The second-order valence-corrected chi connectivity index (χ2v) is 20.8. The van der Waals surface area contributed by atoms with Crippen molar-refractivity contribution in [1.82, 2.24) is 10.3 Å². The lowest BCUT2D eigenvalue weighted by Crippen LogP contribution is -2.63. The second kappa shape index (κ2) is 10.3. The molecule has 0 spiro atoms. The molecule has 7 nitrogen and oxygen atoms in total. The molecule has 0 aliphatic carbocycles. The number of amidine groups is 1. The number of pyridine rings is 1. The number of carbonyl (C=O) groups excluding carboxylic acids is 1.